The molecule has 0 aromatic carbocycles. The van der Waals surface area contributed by atoms with Crippen LogP contribution >= 0.6 is 23.5 Å². The second-order valence-corrected chi connectivity index (χ2v) is 7.49. The van der Waals surface area contributed by atoms with E-state index in [0.717, 1.165) is 11.6 Å². The van der Waals surface area contributed by atoms with Gasteiger partial charge in [0, 0.05) is 28.7 Å². The van der Waals surface area contributed by atoms with Crippen molar-refractivity contribution in [2.45, 2.75) is 42.4 Å². The van der Waals surface area contributed by atoms with Crippen molar-refractivity contribution in [1.82, 2.24) is 10.1 Å². The number of aromatic nitrogens is 2. The average molecular weight is 273 g/mol. The van der Waals surface area contributed by atoms with Gasteiger partial charge in [0.1, 0.15) is 0 Å². The average Bonchev–Trinajstić information content (AvgIpc) is 2.81. The molecule has 2 rings (SSSR count). The molecule has 1 fully saturated rings. The molecule has 0 bridgehead atoms. The van der Waals surface area contributed by atoms with Gasteiger partial charge >= 0.3 is 0 Å². The van der Waals surface area contributed by atoms with Gasteiger partial charge in [0.2, 0.25) is 5.89 Å². The Kier molecular flexibility index (Phi) is 4.38. The third-order valence-corrected chi connectivity index (χ3v) is 6.46. The summed E-state index contributed by atoms with van der Waals surface area (Å²) in [6, 6.07) is 0. The summed E-state index contributed by atoms with van der Waals surface area (Å²) < 4.78 is 5.27. The largest absolute Gasteiger partial charge is 0.339 e. The Bertz CT molecular complexity index is 371. The van der Waals surface area contributed by atoms with Gasteiger partial charge in [-0.25, -0.2) is 0 Å². The van der Waals surface area contributed by atoms with Gasteiger partial charge in [0.15, 0.2) is 5.82 Å². The molecule has 4 unspecified atom stereocenters. The fraction of sp³-hybridized carbons (Fsp3) is 0.818. The van der Waals surface area contributed by atoms with E-state index in [1.54, 1.807) is 0 Å². The van der Waals surface area contributed by atoms with Gasteiger partial charge in [0.05, 0.1) is 5.25 Å². The summed E-state index contributed by atoms with van der Waals surface area (Å²) in [5.74, 6) is 2.70. The Morgan fingerprint density at radius 2 is 2.24 bits per heavy atom. The van der Waals surface area contributed by atoms with Crippen LogP contribution in [0.25, 0.3) is 0 Å². The summed E-state index contributed by atoms with van der Waals surface area (Å²) >= 11 is 3.93. The van der Waals surface area contributed by atoms with Crippen molar-refractivity contribution in [3.05, 3.63) is 11.7 Å². The molecule has 0 radical (unpaired) electrons. The van der Waals surface area contributed by atoms with Crippen molar-refractivity contribution in [1.29, 1.82) is 0 Å². The molecule has 1 aliphatic rings. The standard InChI is InChI=1S/C11H19N3OS2/c1-6(4-12)11-13-10(14-15-11)9-5-16-7(2)8(3)17-9/h6-9H,4-5,12H2,1-3H3. The second kappa shape index (κ2) is 5.63. The van der Waals surface area contributed by atoms with Crippen LogP contribution in [0.1, 0.15) is 43.7 Å². The van der Waals surface area contributed by atoms with Gasteiger partial charge < -0.3 is 10.3 Å². The molecule has 17 heavy (non-hydrogen) atoms. The van der Waals surface area contributed by atoms with Gasteiger partial charge in [-0.15, -0.1) is 11.8 Å². The Morgan fingerprint density at radius 1 is 1.47 bits per heavy atom. The van der Waals surface area contributed by atoms with E-state index in [9.17, 15) is 0 Å². The Balaban J connectivity index is 2.05. The van der Waals surface area contributed by atoms with Gasteiger partial charge in [0.25, 0.3) is 0 Å². The second-order valence-electron chi connectivity index (χ2n) is 4.50. The van der Waals surface area contributed by atoms with Crippen LogP contribution in [0.4, 0.5) is 0 Å². The van der Waals surface area contributed by atoms with Gasteiger partial charge in [-0.2, -0.15) is 16.7 Å². The van der Waals surface area contributed by atoms with E-state index in [0.29, 0.717) is 28.2 Å². The van der Waals surface area contributed by atoms with Gasteiger partial charge in [-0.1, -0.05) is 25.9 Å². The number of hydrogen-bond donors (Lipinski definition) is 1. The quantitative estimate of drug-likeness (QED) is 0.912. The molecule has 1 aliphatic heterocycles. The Morgan fingerprint density at radius 3 is 2.88 bits per heavy atom. The molecule has 1 saturated heterocycles. The van der Waals surface area contributed by atoms with Crippen LogP contribution in [0.5, 0.6) is 0 Å². The molecular formula is C11H19N3OS2. The van der Waals surface area contributed by atoms with E-state index in [2.05, 4.69) is 24.0 Å². The Hall–Kier alpha value is -0.200. The molecule has 1 aromatic heterocycles. The van der Waals surface area contributed by atoms with E-state index in [-0.39, 0.29) is 5.92 Å². The molecule has 4 nitrogen and oxygen atoms in total. The van der Waals surface area contributed by atoms with Crippen LogP contribution in [-0.2, 0) is 0 Å². The molecule has 4 atom stereocenters. The van der Waals surface area contributed by atoms with Gasteiger partial charge in [-0.05, 0) is 0 Å². The first-order valence-corrected chi connectivity index (χ1v) is 7.91. The van der Waals surface area contributed by atoms with Crippen molar-refractivity contribution >= 4 is 23.5 Å². The van der Waals surface area contributed by atoms with E-state index < -0.39 is 0 Å². The molecule has 0 saturated carbocycles. The highest BCUT2D eigenvalue weighted by molar-refractivity contribution is 8.07. The Labute approximate surface area is 110 Å². The number of nitrogens with two attached hydrogens (primary N) is 1. The molecule has 0 amide bonds. The minimum absolute atomic E-state index is 0.147. The van der Waals surface area contributed by atoms with Crippen LogP contribution in [-0.4, -0.2) is 32.9 Å². The summed E-state index contributed by atoms with van der Waals surface area (Å²) in [7, 11) is 0. The number of thioether (sulfide) groups is 2. The van der Waals surface area contributed by atoms with E-state index in [1.807, 2.05) is 30.4 Å². The smallest absolute Gasteiger partial charge is 0.230 e. The topological polar surface area (TPSA) is 64.9 Å². The monoisotopic (exact) mass is 273 g/mol. The highest BCUT2D eigenvalue weighted by Gasteiger charge is 2.30. The lowest BCUT2D eigenvalue weighted by molar-refractivity contribution is 0.357. The lowest BCUT2D eigenvalue weighted by atomic mass is 10.2. The molecular weight excluding hydrogens is 254 g/mol. The summed E-state index contributed by atoms with van der Waals surface area (Å²) in [6.07, 6.45) is 0. The van der Waals surface area contributed by atoms with Crippen molar-refractivity contribution in [2.24, 2.45) is 5.73 Å². The molecule has 0 spiro atoms. The SMILES string of the molecule is CC(CN)c1nc(C2CSC(C)C(C)S2)no1. The maximum absolute atomic E-state index is 5.59. The summed E-state index contributed by atoms with van der Waals surface area (Å²) in [4.78, 5) is 4.47. The first-order chi connectivity index (χ1) is 8.11. The fourth-order valence-electron chi connectivity index (χ4n) is 1.60. The number of rotatable bonds is 3. The molecule has 2 N–H and O–H groups in total. The first kappa shape index (κ1) is 13.2. The zero-order valence-electron chi connectivity index (χ0n) is 10.4. The summed E-state index contributed by atoms with van der Waals surface area (Å²) in [6.45, 7) is 7.08. The lowest BCUT2D eigenvalue weighted by Gasteiger charge is -2.29. The molecule has 6 heteroatoms. The number of nitrogens with zero attached hydrogens (tertiary/aromatic N) is 2. The van der Waals surface area contributed by atoms with Crippen molar-refractivity contribution in [3.63, 3.8) is 0 Å². The maximum Gasteiger partial charge on any atom is 0.230 e. The van der Waals surface area contributed by atoms with E-state index >= 15 is 0 Å². The molecule has 96 valence electrons. The summed E-state index contributed by atoms with van der Waals surface area (Å²) in [5.41, 5.74) is 5.59. The predicted molar refractivity (Wildman–Crippen MR) is 73.5 cm³/mol. The van der Waals surface area contributed by atoms with E-state index in [4.69, 9.17) is 10.3 Å². The van der Waals surface area contributed by atoms with Gasteiger partial charge in [-0.3, -0.25) is 0 Å². The van der Waals surface area contributed by atoms with Crippen LogP contribution in [0.15, 0.2) is 4.52 Å². The minimum Gasteiger partial charge on any atom is -0.339 e. The molecule has 2 heterocycles. The maximum atomic E-state index is 5.59. The van der Waals surface area contributed by atoms with Crippen LogP contribution in [0, 0.1) is 0 Å². The van der Waals surface area contributed by atoms with E-state index in [1.165, 1.54) is 0 Å². The lowest BCUT2D eigenvalue weighted by Crippen LogP contribution is -2.22. The third kappa shape index (κ3) is 2.98. The van der Waals surface area contributed by atoms with Crippen molar-refractivity contribution in [2.75, 3.05) is 12.3 Å². The highest BCUT2D eigenvalue weighted by atomic mass is 32.2. The fourth-order valence-corrected chi connectivity index (χ4v) is 4.43. The highest BCUT2D eigenvalue weighted by Crippen LogP contribution is 2.43. The molecule has 1 aromatic rings. The van der Waals surface area contributed by atoms with Crippen LogP contribution < -0.4 is 5.73 Å². The molecule has 0 aliphatic carbocycles. The zero-order chi connectivity index (χ0) is 12.4. The minimum atomic E-state index is 0.147. The van der Waals surface area contributed by atoms with Crippen molar-refractivity contribution in [3.8, 4) is 0 Å². The number of hydrogen-bond acceptors (Lipinski definition) is 6. The summed E-state index contributed by atoms with van der Waals surface area (Å²) in [5, 5.41) is 5.78. The third-order valence-electron chi connectivity index (χ3n) is 3.07. The first-order valence-electron chi connectivity index (χ1n) is 5.92. The zero-order valence-corrected chi connectivity index (χ0v) is 12.1. The van der Waals surface area contributed by atoms with Crippen molar-refractivity contribution < 1.29 is 4.52 Å². The predicted octanol–water partition coefficient (Wildman–Crippen LogP) is 2.43. The normalized spacial score (nSPS) is 31.4. The van der Waals surface area contributed by atoms with Crippen LogP contribution in [0.2, 0.25) is 0 Å². The van der Waals surface area contributed by atoms with Crippen LogP contribution in [0.3, 0.4) is 0 Å².